The van der Waals surface area contributed by atoms with E-state index in [0.29, 0.717) is 6.04 Å². The van der Waals surface area contributed by atoms with Gasteiger partial charge in [-0.3, -0.25) is 14.8 Å². The summed E-state index contributed by atoms with van der Waals surface area (Å²) in [6.45, 7) is 3.07. The fourth-order valence-corrected chi connectivity index (χ4v) is 4.22. The van der Waals surface area contributed by atoms with E-state index in [1.807, 2.05) is 4.90 Å². The molecule has 2 aliphatic heterocycles. The standard InChI is InChI=1S/C18H23N5O2S/c24-18(16-2-1-9-25-16)23-7-3-13(4-8-23)21-10-14-12-26-17(22-14)15-11-19-5-6-20-15/h5-6,11-13,16,21H,1-4,7-10H2. The van der Waals surface area contributed by atoms with Crippen LogP contribution in [0.4, 0.5) is 0 Å². The first-order valence-electron chi connectivity index (χ1n) is 9.14. The highest BCUT2D eigenvalue weighted by atomic mass is 32.1. The van der Waals surface area contributed by atoms with Gasteiger partial charge in [0.15, 0.2) is 0 Å². The summed E-state index contributed by atoms with van der Waals surface area (Å²) < 4.78 is 5.52. The van der Waals surface area contributed by atoms with Gasteiger partial charge in [-0.15, -0.1) is 11.3 Å². The molecular formula is C18H23N5O2S. The monoisotopic (exact) mass is 373 g/mol. The van der Waals surface area contributed by atoms with Crippen LogP contribution in [-0.2, 0) is 16.1 Å². The number of nitrogens with zero attached hydrogens (tertiary/aromatic N) is 4. The van der Waals surface area contributed by atoms with E-state index in [1.165, 1.54) is 0 Å². The molecule has 138 valence electrons. The first-order valence-corrected chi connectivity index (χ1v) is 10.0. The van der Waals surface area contributed by atoms with E-state index in [-0.39, 0.29) is 12.0 Å². The molecule has 0 saturated carbocycles. The molecule has 2 fully saturated rings. The largest absolute Gasteiger partial charge is 0.368 e. The Morgan fingerprint density at radius 1 is 1.31 bits per heavy atom. The fourth-order valence-electron chi connectivity index (χ4n) is 3.44. The number of ether oxygens (including phenoxy) is 1. The van der Waals surface area contributed by atoms with E-state index in [2.05, 4.69) is 25.6 Å². The molecule has 26 heavy (non-hydrogen) atoms. The zero-order chi connectivity index (χ0) is 17.8. The third-order valence-corrected chi connectivity index (χ3v) is 5.83. The van der Waals surface area contributed by atoms with Crippen molar-refractivity contribution >= 4 is 17.2 Å². The van der Waals surface area contributed by atoms with Crippen LogP contribution in [0.5, 0.6) is 0 Å². The maximum absolute atomic E-state index is 12.4. The highest BCUT2D eigenvalue weighted by Gasteiger charge is 2.30. The fraction of sp³-hybridized carbons (Fsp3) is 0.556. The average Bonchev–Trinajstić information content (AvgIpc) is 3.39. The van der Waals surface area contributed by atoms with Crippen molar-refractivity contribution < 1.29 is 9.53 Å². The lowest BCUT2D eigenvalue weighted by molar-refractivity contribution is -0.142. The van der Waals surface area contributed by atoms with E-state index >= 15 is 0 Å². The highest BCUT2D eigenvalue weighted by molar-refractivity contribution is 7.13. The molecule has 0 radical (unpaired) electrons. The zero-order valence-electron chi connectivity index (χ0n) is 14.6. The van der Waals surface area contributed by atoms with Gasteiger partial charge in [-0.1, -0.05) is 0 Å². The van der Waals surface area contributed by atoms with Gasteiger partial charge in [-0.05, 0) is 25.7 Å². The SMILES string of the molecule is O=C(C1CCCO1)N1CCC(NCc2csc(-c3cnccn3)n2)CC1. The Morgan fingerprint density at radius 3 is 2.92 bits per heavy atom. The van der Waals surface area contributed by atoms with Gasteiger partial charge in [0.2, 0.25) is 0 Å². The van der Waals surface area contributed by atoms with Gasteiger partial charge >= 0.3 is 0 Å². The van der Waals surface area contributed by atoms with Gasteiger partial charge in [0, 0.05) is 50.1 Å². The molecule has 1 N–H and O–H groups in total. The van der Waals surface area contributed by atoms with Crippen molar-refractivity contribution in [2.45, 2.75) is 44.4 Å². The molecule has 0 aromatic carbocycles. The molecule has 4 heterocycles. The van der Waals surface area contributed by atoms with Crippen LogP contribution in [0, 0.1) is 0 Å². The van der Waals surface area contributed by atoms with Crippen molar-refractivity contribution in [1.29, 1.82) is 0 Å². The van der Waals surface area contributed by atoms with Crippen LogP contribution in [0.3, 0.4) is 0 Å². The number of nitrogens with one attached hydrogen (secondary N) is 1. The number of piperidine rings is 1. The van der Waals surface area contributed by atoms with Gasteiger partial charge in [0.25, 0.3) is 5.91 Å². The van der Waals surface area contributed by atoms with E-state index < -0.39 is 0 Å². The predicted molar refractivity (Wildman–Crippen MR) is 98.6 cm³/mol. The Labute approximate surface area is 156 Å². The maximum Gasteiger partial charge on any atom is 0.251 e. The molecule has 0 aliphatic carbocycles. The molecule has 2 aromatic rings. The lowest BCUT2D eigenvalue weighted by Gasteiger charge is -2.33. The topological polar surface area (TPSA) is 80.2 Å². The Morgan fingerprint density at radius 2 is 2.19 bits per heavy atom. The minimum atomic E-state index is -0.200. The summed E-state index contributed by atoms with van der Waals surface area (Å²) in [6, 6.07) is 0.421. The number of aromatic nitrogens is 3. The Kier molecular flexibility index (Phi) is 5.52. The quantitative estimate of drug-likeness (QED) is 0.862. The van der Waals surface area contributed by atoms with Gasteiger partial charge in [-0.2, -0.15) is 0 Å². The van der Waals surface area contributed by atoms with Crippen LogP contribution in [0.2, 0.25) is 0 Å². The summed E-state index contributed by atoms with van der Waals surface area (Å²) in [5.74, 6) is 0.175. The first-order chi connectivity index (χ1) is 12.8. The molecule has 1 atom stereocenters. The number of hydrogen-bond acceptors (Lipinski definition) is 7. The minimum Gasteiger partial charge on any atom is -0.368 e. The first kappa shape index (κ1) is 17.5. The lowest BCUT2D eigenvalue weighted by atomic mass is 10.0. The smallest absolute Gasteiger partial charge is 0.251 e. The van der Waals surface area contributed by atoms with Gasteiger partial charge in [0.1, 0.15) is 16.8 Å². The molecule has 0 bridgehead atoms. The summed E-state index contributed by atoms with van der Waals surface area (Å²) in [5.41, 5.74) is 1.83. The molecular weight excluding hydrogens is 350 g/mol. The van der Waals surface area contributed by atoms with E-state index in [1.54, 1.807) is 29.9 Å². The van der Waals surface area contributed by atoms with Crippen LogP contribution in [0.1, 0.15) is 31.4 Å². The Balaban J connectivity index is 1.24. The molecule has 2 aromatic heterocycles. The summed E-state index contributed by atoms with van der Waals surface area (Å²) in [6.07, 6.45) is 8.69. The molecule has 8 heteroatoms. The second-order valence-corrected chi connectivity index (χ2v) is 7.57. The molecule has 1 amide bonds. The van der Waals surface area contributed by atoms with Crippen LogP contribution in [-0.4, -0.2) is 57.6 Å². The van der Waals surface area contributed by atoms with E-state index in [9.17, 15) is 4.79 Å². The molecule has 7 nitrogen and oxygen atoms in total. The van der Waals surface area contributed by atoms with Crippen LogP contribution < -0.4 is 5.32 Å². The van der Waals surface area contributed by atoms with Crippen LogP contribution >= 0.6 is 11.3 Å². The van der Waals surface area contributed by atoms with Gasteiger partial charge in [0.05, 0.1) is 11.9 Å². The number of amides is 1. The van der Waals surface area contributed by atoms with Crippen LogP contribution in [0.15, 0.2) is 24.0 Å². The molecule has 2 saturated heterocycles. The van der Waals surface area contributed by atoms with E-state index in [0.717, 1.165) is 68.3 Å². The maximum atomic E-state index is 12.4. The van der Waals surface area contributed by atoms with Crippen molar-refractivity contribution in [3.63, 3.8) is 0 Å². The molecule has 0 spiro atoms. The predicted octanol–water partition coefficient (Wildman–Crippen LogP) is 1.86. The van der Waals surface area contributed by atoms with Crippen LogP contribution in [0.25, 0.3) is 10.7 Å². The van der Waals surface area contributed by atoms with Crippen molar-refractivity contribution in [3.8, 4) is 10.7 Å². The zero-order valence-corrected chi connectivity index (χ0v) is 15.5. The second-order valence-electron chi connectivity index (χ2n) is 6.72. The van der Waals surface area contributed by atoms with Gasteiger partial charge < -0.3 is 15.0 Å². The van der Waals surface area contributed by atoms with E-state index in [4.69, 9.17) is 4.74 Å². The number of carbonyl (C=O) groups excluding carboxylic acids is 1. The number of likely N-dealkylation sites (tertiary alicyclic amines) is 1. The van der Waals surface area contributed by atoms with Crippen molar-refractivity contribution in [2.24, 2.45) is 0 Å². The number of rotatable bonds is 5. The molecule has 2 aliphatic rings. The summed E-state index contributed by atoms with van der Waals surface area (Å²) >= 11 is 1.59. The highest BCUT2D eigenvalue weighted by Crippen LogP contribution is 2.21. The normalized spacial score (nSPS) is 21.2. The lowest BCUT2D eigenvalue weighted by Crippen LogP contribution is -2.47. The molecule has 4 rings (SSSR count). The summed E-state index contributed by atoms with van der Waals surface area (Å²) in [7, 11) is 0. The third kappa shape index (κ3) is 4.08. The summed E-state index contributed by atoms with van der Waals surface area (Å²) in [5, 5.41) is 6.53. The minimum absolute atomic E-state index is 0.175. The number of hydrogen-bond donors (Lipinski definition) is 1. The van der Waals surface area contributed by atoms with Crippen molar-refractivity contribution in [2.75, 3.05) is 19.7 Å². The van der Waals surface area contributed by atoms with Crippen molar-refractivity contribution in [1.82, 2.24) is 25.2 Å². The number of carbonyl (C=O) groups is 1. The Bertz CT molecular complexity index is 724. The Hall–Kier alpha value is -1.90. The average molecular weight is 373 g/mol. The molecule has 1 unspecified atom stereocenters. The number of thiazole rings is 1. The second kappa shape index (κ2) is 8.20. The van der Waals surface area contributed by atoms with Crippen molar-refractivity contribution in [3.05, 3.63) is 29.7 Å². The third-order valence-electron chi connectivity index (χ3n) is 4.92. The summed E-state index contributed by atoms with van der Waals surface area (Å²) in [4.78, 5) is 27.4. The van der Waals surface area contributed by atoms with Gasteiger partial charge in [-0.25, -0.2) is 4.98 Å².